The monoisotopic (exact) mass is 251 g/mol. The van der Waals surface area contributed by atoms with Gasteiger partial charge in [0.25, 0.3) is 0 Å². The summed E-state index contributed by atoms with van der Waals surface area (Å²) in [4.78, 5) is 15.5. The van der Waals surface area contributed by atoms with Crippen molar-refractivity contribution in [3.05, 3.63) is 34.9 Å². The highest BCUT2D eigenvalue weighted by Gasteiger charge is 2.15. The minimum absolute atomic E-state index is 0.0208. The Labute approximate surface area is 103 Å². The molecule has 0 saturated carbocycles. The van der Waals surface area contributed by atoms with Crippen molar-refractivity contribution in [3.8, 4) is 5.88 Å². The number of benzene rings is 1. The molecule has 4 nitrogen and oxygen atoms in total. The van der Waals surface area contributed by atoms with E-state index in [2.05, 4.69) is 4.98 Å². The predicted octanol–water partition coefficient (Wildman–Crippen LogP) is 2.77. The van der Waals surface area contributed by atoms with Gasteiger partial charge in [0.15, 0.2) is 0 Å². The fourth-order valence-electron chi connectivity index (χ4n) is 1.51. The summed E-state index contributed by atoms with van der Waals surface area (Å²) in [6.45, 7) is 1.93. The first-order valence-corrected chi connectivity index (χ1v) is 5.46. The lowest BCUT2D eigenvalue weighted by Crippen LogP contribution is -2.05. The van der Waals surface area contributed by atoms with E-state index in [9.17, 15) is 9.90 Å². The van der Waals surface area contributed by atoms with Crippen LogP contribution in [0.1, 0.15) is 17.3 Å². The van der Waals surface area contributed by atoms with Crippen molar-refractivity contribution in [2.75, 3.05) is 6.61 Å². The van der Waals surface area contributed by atoms with Crippen molar-refractivity contribution in [2.45, 2.75) is 6.92 Å². The first-order valence-electron chi connectivity index (χ1n) is 5.09. The summed E-state index contributed by atoms with van der Waals surface area (Å²) in [6, 6.07) is 6.60. The number of hydrogen-bond acceptors (Lipinski definition) is 4. The second-order valence-corrected chi connectivity index (χ2v) is 3.79. The van der Waals surface area contributed by atoms with Crippen LogP contribution < -0.4 is 0 Å². The number of esters is 1. The topological polar surface area (TPSA) is 59.4 Å². The lowest BCUT2D eigenvalue weighted by Gasteiger charge is -2.06. The molecule has 0 aliphatic rings. The van der Waals surface area contributed by atoms with Crippen LogP contribution in [0.4, 0.5) is 0 Å². The summed E-state index contributed by atoms with van der Waals surface area (Å²) in [7, 11) is 0. The van der Waals surface area contributed by atoms with Crippen LogP contribution in [0.2, 0.25) is 5.02 Å². The quantitative estimate of drug-likeness (QED) is 0.834. The van der Waals surface area contributed by atoms with Crippen LogP contribution in [0.5, 0.6) is 5.88 Å². The predicted molar refractivity (Wildman–Crippen MR) is 64.4 cm³/mol. The van der Waals surface area contributed by atoms with Gasteiger partial charge in [0.05, 0.1) is 12.1 Å². The number of aromatic nitrogens is 1. The van der Waals surface area contributed by atoms with Crippen LogP contribution in [0.25, 0.3) is 10.9 Å². The smallest absolute Gasteiger partial charge is 0.343 e. The van der Waals surface area contributed by atoms with Gasteiger partial charge in [-0.05, 0) is 25.1 Å². The first kappa shape index (κ1) is 11.7. The summed E-state index contributed by atoms with van der Waals surface area (Å²) < 4.78 is 4.82. The number of rotatable bonds is 2. The fourth-order valence-corrected chi connectivity index (χ4v) is 1.73. The number of carbonyl (C=O) groups excluding carboxylic acids is 1. The SMILES string of the molecule is CCOC(=O)c1cc2c(Cl)cccc2nc1O. The molecular formula is C12H10ClNO3. The first-order chi connectivity index (χ1) is 8.13. The second kappa shape index (κ2) is 4.59. The molecule has 2 rings (SSSR count). The molecule has 0 amide bonds. The molecule has 2 aromatic rings. The molecule has 0 atom stereocenters. The molecule has 1 N–H and O–H groups in total. The molecule has 0 fully saturated rings. The Morgan fingerprint density at radius 3 is 3.00 bits per heavy atom. The molecule has 0 unspecified atom stereocenters. The highest BCUT2D eigenvalue weighted by Crippen LogP contribution is 2.27. The number of nitrogens with zero attached hydrogens (tertiary/aromatic N) is 1. The highest BCUT2D eigenvalue weighted by molar-refractivity contribution is 6.35. The van der Waals surface area contributed by atoms with E-state index in [4.69, 9.17) is 16.3 Å². The molecule has 88 valence electrons. The van der Waals surface area contributed by atoms with Crippen LogP contribution in [-0.4, -0.2) is 22.7 Å². The van der Waals surface area contributed by atoms with E-state index < -0.39 is 5.97 Å². The molecule has 0 aliphatic heterocycles. The lowest BCUT2D eigenvalue weighted by molar-refractivity contribution is 0.0522. The van der Waals surface area contributed by atoms with Crippen molar-refractivity contribution in [1.29, 1.82) is 0 Å². The van der Waals surface area contributed by atoms with Gasteiger partial charge in [-0.25, -0.2) is 9.78 Å². The van der Waals surface area contributed by atoms with Gasteiger partial charge >= 0.3 is 5.97 Å². The maximum absolute atomic E-state index is 11.6. The number of fused-ring (bicyclic) bond motifs is 1. The number of pyridine rings is 1. The molecular weight excluding hydrogens is 242 g/mol. The van der Waals surface area contributed by atoms with Gasteiger partial charge in [-0.3, -0.25) is 0 Å². The zero-order valence-electron chi connectivity index (χ0n) is 9.11. The van der Waals surface area contributed by atoms with E-state index in [1.807, 2.05) is 0 Å². The summed E-state index contributed by atoms with van der Waals surface area (Å²) in [5, 5.41) is 10.7. The van der Waals surface area contributed by atoms with Gasteiger partial charge in [0.2, 0.25) is 5.88 Å². The van der Waals surface area contributed by atoms with E-state index in [1.54, 1.807) is 25.1 Å². The van der Waals surface area contributed by atoms with Gasteiger partial charge in [0.1, 0.15) is 5.56 Å². The van der Waals surface area contributed by atoms with Crippen molar-refractivity contribution < 1.29 is 14.6 Å². The molecule has 0 spiro atoms. The highest BCUT2D eigenvalue weighted by atomic mass is 35.5. The molecule has 1 heterocycles. The molecule has 0 aliphatic carbocycles. The van der Waals surface area contributed by atoms with E-state index in [1.165, 1.54) is 6.07 Å². The van der Waals surface area contributed by atoms with Gasteiger partial charge < -0.3 is 9.84 Å². The average molecular weight is 252 g/mol. The molecule has 0 saturated heterocycles. The van der Waals surface area contributed by atoms with Gasteiger partial charge in [0, 0.05) is 10.4 Å². The Bertz CT molecular complexity index is 583. The lowest BCUT2D eigenvalue weighted by atomic mass is 10.1. The zero-order valence-corrected chi connectivity index (χ0v) is 9.86. The van der Waals surface area contributed by atoms with Crippen LogP contribution >= 0.6 is 11.6 Å². The third-order valence-corrected chi connectivity index (χ3v) is 2.61. The Morgan fingerprint density at radius 1 is 1.53 bits per heavy atom. The number of aromatic hydroxyl groups is 1. The second-order valence-electron chi connectivity index (χ2n) is 3.39. The zero-order chi connectivity index (χ0) is 12.4. The number of ether oxygens (including phenoxy) is 1. The summed E-state index contributed by atoms with van der Waals surface area (Å²) >= 11 is 5.99. The minimum Gasteiger partial charge on any atom is -0.493 e. The summed E-state index contributed by atoms with van der Waals surface area (Å²) in [5.41, 5.74) is 0.551. The fraction of sp³-hybridized carbons (Fsp3) is 0.167. The maximum atomic E-state index is 11.6. The Hall–Kier alpha value is -1.81. The summed E-state index contributed by atoms with van der Waals surface area (Å²) in [5.74, 6) is -0.961. The molecule has 5 heteroatoms. The van der Waals surface area contributed by atoms with Gasteiger partial charge in [-0.15, -0.1) is 0 Å². The average Bonchev–Trinajstić information content (AvgIpc) is 2.29. The Balaban J connectivity index is 2.61. The molecule has 17 heavy (non-hydrogen) atoms. The van der Waals surface area contributed by atoms with E-state index in [0.29, 0.717) is 15.9 Å². The van der Waals surface area contributed by atoms with Crippen molar-refractivity contribution >= 4 is 28.5 Å². The van der Waals surface area contributed by atoms with E-state index >= 15 is 0 Å². The van der Waals surface area contributed by atoms with Gasteiger partial charge in [-0.2, -0.15) is 0 Å². The number of halogens is 1. The number of hydrogen-bond donors (Lipinski definition) is 1. The van der Waals surface area contributed by atoms with Crippen molar-refractivity contribution in [2.24, 2.45) is 0 Å². The summed E-state index contributed by atoms with van der Waals surface area (Å²) in [6.07, 6.45) is 0. The molecule has 0 bridgehead atoms. The van der Waals surface area contributed by atoms with E-state index in [-0.39, 0.29) is 18.1 Å². The normalized spacial score (nSPS) is 10.5. The van der Waals surface area contributed by atoms with Crippen LogP contribution in [0, 0.1) is 0 Å². The van der Waals surface area contributed by atoms with Gasteiger partial charge in [-0.1, -0.05) is 17.7 Å². The Morgan fingerprint density at radius 2 is 2.29 bits per heavy atom. The third-order valence-electron chi connectivity index (χ3n) is 2.28. The largest absolute Gasteiger partial charge is 0.493 e. The molecule has 1 aromatic heterocycles. The van der Waals surface area contributed by atoms with Crippen molar-refractivity contribution in [3.63, 3.8) is 0 Å². The third kappa shape index (κ3) is 2.17. The maximum Gasteiger partial charge on any atom is 0.343 e. The standard InChI is InChI=1S/C12H10ClNO3/c1-2-17-12(16)8-6-7-9(13)4-3-5-10(7)14-11(8)15/h3-6H,2H2,1H3,(H,14,15). The van der Waals surface area contributed by atoms with Crippen LogP contribution in [0.15, 0.2) is 24.3 Å². The van der Waals surface area contributed by atoms with Crippen LogP contribution in [0.3, 0.4) is 0 Å². The minimum atomic E-state index is -0.612. The number of carbonyl (C=O) groups is 1. The molecule has 0 radical (unpaired) electrons. The van der Waals surface area contributed by atoms with Crippen molar-refractivity contribution in [1.82, 2.24) is 4.98 Å². The van der Waals surface area contributed by atoms with Crippen LogP contribution in [-0.2, 0) is 4.74 Å². The van der Waals surface area contributed by atoms with E-state index in [0.717, 1.165) is 0 Å². The molecule has 1 aromatic carbocycles. The Kier molecular flexibility index (Phi) is 3.15.